The number of benzene rings is 2. The van der Waals surface area contributed by atoms with Crippen molar-refractivity contribution >= 4 is 40.5 Å². The van der Waals surface area contributed by atoms with Gasteiger partial charge in [-0.25, -0.2) is 0 Å². The Kier molecular flexibility index (Phi) is 3.53. The number of ether oxygens (including phenoxy) is 2. The first-order valence-corrected chi connectivity index (χ1v) is 6.76. The third-order valence-electron chi connectivity index (χ3n) is 2.97. The van der Waals surface area contributed by atoms with Crippen LogP contribution in [0, 0.1) is 0 Å². The van der Waals surface area contributed by atoms with Gasteiger partial charge in [0.25, 0.3) is 5.91 Å². The molecule has 108 valence electrons. The summed E-state index contributed by atoms with van der Waals surface area (Å²) in [4.78, 5) is 12.2. The molecule has 2 aromatic rings. The van der Waals surface area contributed by atoms with Gasteiger partial charge < -0.3 is 20.5 Å². The summed E-state index contributed by atoms with van der Waals surface area (Å²) in [5.41, 5.74) is 6.82. The van der Waals surface area contributed by atoms with E-state index in [0.717, 1.165) is 0 Å². The summed E-state index contributed by atoms with van der Waals surface area (Å²) in [5, 5.41) is 3.26. The van der Waals surface area contributed by atoms with E-state index in [4.69, 9.17) is 38.4 Å². The fourth-order valence-electron chi connectivity index (χ4n) is 1.90. The molecule has 5 nitrogen and oxygen atoms in total. The number of carbonyl (C=O) groups excluding carboxylic acids is 1. The van der Waals surface area contributed by atoms with Gasteiger partial charge in [0, 0.05) is 11.3 Å². The van der Waals surface area contributed by atoms with Crippen LogP contribution in [0.4, 0.5) is 11.4 Å². The van der Waals surface area contributed by atoms with Crippen molar-refractivity contribution in [3.05, 3.63) is 45.9 Å². The molecule has 0 unspecified atom stereocenters. The second-order valence-electron chi connectivity index (χ2n) is 4.38. The molecule has 0 saturated heterocycles. The zero-order valence-electron chi connectivity index (χ0n) is 10.7. The first-order valence-electron chi connectivity index (χ1n) is 6.00. The van der Waals surface area contributed by atoms with Crippen LogP contribution >= 0.6 is 23.2 Å². The number of anilines is 2. The van der Waals surface area contributed by atoms with Gasteiger partial charge in [0.05, 0.1) is 15.7 Å². The molecule has 1 heterocycles. The zero-order chi connectivity index (χ0) is 15.0. The molecule has 0 aromatic heterocycles. The van der Waals surface area contributed by atoms with E-state index in [-0.39, 0.29) is 28.4 Å². The van der Waals surface area contributed by atoms with Crippen molar-refractivity contribution < 1.29 is 14.3 Å². The molecule has 0 aliphatic carbocycles. The largest absolute Gasteiger partial charge is 0.454 e. The number of halogens is 2. The van der Waals surface area contributed by atoms with Crippen LogP contribution in [0.5, 0.6) is 11.5 Å². The highest BCUT2D eigenvalue weighted by molar-refractivity contribution is 6.39. The van der Waals surface area contributed by atoms with Crippen molar-refractivity contribution in [1.29, 1.82) is 0 Å². The predicted octanol–water partition coefficient (Wildman–Crippen LogP) is 3.56. The molecule has 1 aliphatic heterocycles. The monoisotopic (exact) mass is 324 g/mol. The van der Waals surface area contributed by atoms with Crippen LogP contribution in [0.2, 0.25) is 10.0 Å². The highest BCUT2D eigenvalue weighted by Gasteiger charge is 2.16. The van der Waals surface area contributed by atoms with Crippen molar-refractivity contribution in [3.8, 4) is 11.5 Å². The van der Waals surface area contributed by atoms with Crippen LogP contribution in [-0.2, 0) is 0 Å². The molecule has 0 radical (unpaired) electrons. The number of carbonyl (C=O) groups is 1. The minimum Gasteiger partial charge on any atom is -0.454 e. The summed E-state index contributed by atoms with van der Waals surface area (Å²) in [5.74, 6) is 0.839. The summed E-state index contributed by atoms with van der Waals surface area (Å²) < 4.78 is 10.4. The quantitative estimate of drug-likeness (QED) is 0.828. The molecule has 1 aliphatic rings. The molecule has 0 fully saturated rings. The Morgan fingerprint density at radius 1 is 1.10 bits per heavy atom. The Bertz CT molecular complexity index is 711. The summed E-state index contributed by atoms with van der Waals surface area (Å²) >= 11 is 11.9. The molecule has 21 heavy (non-hydrogen) atoms. The number of nitrogens with two attached hydrogens (primary N) is 1. The molecule has 0 atom stereocenters. The van der Waals surface area contributed by atoms with E-state index in [0.29, 0.717) is 22.7 Å². The van der Waals surface area contributed by atoms with E-state index in [1.165, 1.54) is 12.1 Å². The maximum Gasteiger partial charge on any atom is 0.255 e. The van der Waals surface area contributed by atoms with Crippen molar-refractivity contribution in [2.75, 3.05) is 17.8 Å². The van der Waals surface area contributed by atoms with Crippen LogP contribution in [0.15, 0.2) is 30.3 Å². The number of hydrogen-bond acceptors (Lipinski definition) is 4. The molecular formula is C14H10Cl2N2O3. The second-order valence-corrected chi connectivity index (χ2v) is 5.19. The number of hydrogen-bond donors (Lipinski definition) is 2. The highest BCUT2D eigenvalue weighted by atomic mass is 35.5. The Morgan fingerprint density at radius 3 is 2.48 bits per heavy atom. The van der Waals surface area contributed by atoms with Gasteiger partial charge in [0.1, 0.15) is 0 Å². The molecular weight excluding hydrogens is 315 g/mol. The minimum atomic E-state index is -0.315. The van der Waals surface area contributed by atoms with Crippen LogP contribution in [0.25, 0.3) is 0 Å². The molecule has 7 heteroatoms. The second kappa shape index (κ2) is 5.35. The summed E-state index contributed by atoms with van der Waals surface area (Å²) in [7, 11) is 0. The normalized spacial score (nSPS) is 12.3. The van der Waals surface area contributed by atoms with Gasteiger partial charge in [-0.3, -0.25) is 4.79 Å². The van der Waals surface area contributed by atoms with E-state index < -0.39 is 0 Å². The van der Waals surface area contributed by atoms with Gasteiger partial charge >= 0.3 is 0 Å². The van der Waals surface area contributed by atoms with Gasteiger partial charge in [-0.2, -0.15) is 0 Å². The lowest BCUT2D eigenvalue weighted by atomic mass is 10.2. The molecule has 3 rings (SSSR count). The average molecular weight is 325 g/mol. The summed E-state index contributed by atoms with van der Waals surface area (Å²) in [6.07, 6.45) is 0. The Morgan fingerprint density at radius 2 is 1.76 bits per heavy atom. The molecule has 3 N–H and O–H groups in total. The van der Waals surface area contributed by atoms with E-state index >= 15 is 0 Å². The number of rotatable bonds is 2. The van der Waals surface area contributed by atoms with Crippen molar-refractivity contribution in [2.24, 2.45) is 0 Å². The maximum absolute atomic E-state index is 12.2. The maximum atomic E-state index is 12.2. The van der Waals surface area contributed by atoms with E-state index in [9.17, 15) is 4.79 Å². The smallest absolute Gasteiger partial charge is 0.255 e. The number of nitrogen functional groups attached to an aromatic ring is 1. The van der Waals surface area contributed by atoms with Crippen LogP contribution < -0.4 is 20.5 Å². The van der Waals surface area contributed by atoms with E-state index in [1.54, 1.807) is 18.2 Å². The molecule has 2 aromatic carbocycles. The Labute approximate surface area is 130 Å². The summed E-state index contributed by atoms with van der Waals surface area (Å²) in [6.45, 7) is 0.156. The summed E-state index contributed by atoms with van der Waals surface area (Å²) in [6, 6.07) is 8.00. The van der Waals surface area contributed by atoms with Gasteiger partial charge in [-0.15, -0.1) is 0 Å². The van der Waals surface area contributed by atoms with Crippen molar-refractivity contribution in [2.45, 2.75) is 0 Å². The highest BCUT2D eigenvalue weighted by Crippen LogP contribution is 2.34. The predicted molar refractivity (Wildman–Crippen MR) is 81.4 cm³/mol. The number of fused-ring (bicyclic) bond motifs is 1. The van der Waals surface area contributed by atoms with Crippen molar-refractivity contribution in [3.63, 3.8) is 0 Å². The van der Waals surface area contributed by atoms with Gasteiger partial charge in [0.2, 0.25) is 6.79 Å². The SMILES string of the molecule is Nc1c(Cl)cc(NC(=O)c2ccc3c(c2)OCO3)cc1Cl. The van der Waals surface area contributed by atoms with Crippen LogP contribution in [0.3, 0.4) is 0 Å². The lowest BCUT2D eigenvalue weighted by Gasteiger charge is -2.09. The molecule has 0 saturated carbocycles. The third kappa shape index (κ3) is 2.70. The fraction of sp³-hybridized carbons (Fsp3) is 0.0714. The van der Waals surface area contributed by atoms with Gasteiger partial charge in [-0.05, 0) is 30.3 Å². The minimum absolute atomic E-state index is 0.156. The Balaban J connectivity index is 1.83. The van der Waals surface area contributed by atoms with E-state index in [2.05, 4.69) is 5.32 Å². The fourth-order valence-corrected chi connectivity index (χ4v) is 2.38. The Hall–Kier alpha value is -2.11. The van der Waals surface area contributed by atoms with E-state index in [1.807, 2.05) is 0 Å². The lowest BCUT2D eigenvalue weighted by molar-refractivity contribution is 0.102. The van der Waals surface area contributed by atoms with Gasteiger partial charge in [-0.1, -0.05) is 23.2 Å². The van der Waals surface area contributed by atoms with Crippen molar-refractivity contribution in [1.82, 2.24) is 0 Å². The first kappa shape index (κ1) is 13.9. The third-order valence-corrected chi connectivity index (χ3v) is 3.60. The molecule has 0 spiro atoms. The van der Waals surface area contributed by atoms with Crippen LogP contribution in [0.1, 0.15) is 10.4 Å². The first-order chi connectivity index (χ1) is 10.0. The van der Waals surface area contributed by atoms with Crippen LogP contribution in [-0.4, -0.2) is 12.7 Å². The average Bonchev–Trinajstić information content (AvgIpc) is 2.91. The topological polar surface area (TPSA) is 73.6 Å². The zero-order valence-corrected chi connectivity index (χ0v) is 12.2. The van der Waals surface area contributed by atoms with Gasteiger partial charge in [0.15, 0.2) is 11.5 Å². The molecule has 1 amide bonds. The molecule has 0 bridgehead atoms. The number of nitrogens with one attached hydrogen (secondary N) is 1. The number of amides is 1. The lowest BCUT2D eigenvalue weighted by Crippen LogP contribution is -2.12. The standard InChI is InChI=1S/C14H10Cl2N2O3/c15-9-4-8(5-10(16)13(9)17)18-14(19)7-1-2-11-12(3-7)21-6-20-11/h1-5H,6,17H2,(H,18,19).